The van der Waals surface area contributed by atoms with Gasteiger partial charge in [-0.05, 0) is 65.4 Å². The molecule has 1 aromatic heterocycles. The molecule has 1 N–H and O–H groups in total. The van der Waals surface area contributed by atoms with Crippen molar-refractivity contribution in [1.82, 2.24) is 4.98 Å². The standard InChI is InChI=1S/C28H30N2O2/c1-3-4-5-8-22(23-14-18-27(32-2)19-15-23)9-6-11-28(31)30-26-16-12-24(13-17-26)25-10-7-20-29-21-25/h6-7,9-21H,3-5,8H2,1-2H3,(H,30,31)/b11-6+,22-9+. The van der Waals surface area contributed by atoms with Gasteiger partial charge in [0.1, 0.15) is 5.75 Å². The first-order valence-electron chi connectivity index (χ1n) is 11.0. The number of hydrogen-bond donors (Lipinski definition) is 1. The Labute approximate surface area is 190 Å². The molecule has 0 atom stereocenters. The van der Waals surface area contributed by atoms with E-state index in [0.717, 1.165) is 41.0 Å². The topological polar surface area (TPSA) is 51.2 Å². The fourth-order valence-corrected chi connectivity index (χ4v) is 3.41. The summed E-state index contributed by atoms with van der Waals surface area (Å²) < 4.78 is 5.26. The Morgan fingerprint density at radius 3 is 2.44 bits per heavy atom. The Hall–Kier alpha value is -3.66. The van der Waals surface area contributed by atoms with E-state index in [-0.39, 0.29) is 5.91 Å². The molecular formula is C28H30N2O2. The second-order valence-corrected chi connectivity index (χ2v) is 7.54. The Kier molecular flexibility index (Phi) is 8.81. The quantitative estimate of drug-likeness (QED) is 0.218. The largest absolute Gasteiger partial charge is 0.497 e. The zero-order valence-corrected chi connectivity index (χ0v) is 18.8. The van der Waals surface area contributed by atoms with E-state index in [1.165, 1.54) is 18.4 Å². The van der Waals surface area contributed by atoms with Crippen LogP contribution in [-0.4, -0.2) is 18.0 Å². The second kappa shape index (κ2) is 12.3. The van der Waals surface area contributed by atoms with Crippen molar-refractivity contribution in [3.05, 3.63) is 96.8 Å². The SMILES string of the molecule is CCCCC/C(=C\C=C\C(=O)Nc1ccc(-c2cccnc2)cc1)c1ccc(OC)cc1. The van der Waals surface area contributed by atoms with Gasteiger partial charge in [0.05, 0.1) is 7.11 Å². The molecule has 0 aliphatic rings. The maximum atomic E-state index is 12.4. The number of unbranched alkanes of at least 4 members (excludes halogenated alkanes) is 2. The van der Waals surface area contributed by atoms with E-state index >= 15 is 0 Å². The van der Waals surface area contributed by atoms with Gasteiger partial charge in [-0.15, -0.1) is 0 Å². The molecule has 0 fully saturated rings. The first-order chi connectivity index (χ1) is 15.7. The second-order valence-electron chi connectivity index (χ2n) is 7.54. The fourth-order valence-electron chi connectivity index (χ4n) is 3.41. The van der Waals surface area contributed by atoms with Crippen LogP contribution in [0, 0.1) is 0 Å². The average Bonchev–Trinajstić information content (AvgIpc) is 2.84. The average molecular weight is 427 g/mol. The Balaban J connectivity index is 1.64. The smallest absolute Gasteiger partial charge is 0.248 e. The molecule has 164 valence electrons. The minimum absolute atomic E-state index is 0.155. The van der Waals surface area contributed by atoms with Gasteiger partial charge in [0.2, 0.25) is 5.91 Å². The van der Waals surface area contributed by atoms with E-state index in [2.05, 4.69) is 29.4 Å². The van der Waals surface area contributed by atoms with Crippen molar-refractivity contribution in [3.63, 3.8) is 0 Å². The van der Waals surface area contributed by atoms with Crippen molar-refractivity contribution < 1.29 is 9.53 Å². The number of ether oxygens (including phenoxy) is 1. The molecule has 0 aliphatic carbocycles. The van der Waals surface area contributed by atoms with Crippen LogP contribution in [-0.2, 0) is 4.79 Å². The third-order valence-corrected chi connectivity index (χ3v) is 5.20. The molecule has 1 heterocycles. The number of amides is 1. The molecule has 3 aromatic rings. The van der Waals surface area contributed by atoms with Crippen LogP contribution in [0.1, 0.15) is 38.2 Å². The first-order valence-corrected chi connectivity index (χ1v) is 11.0. The highest BCUT2D eigenvalue weighted by Gasteiger charge is 2.03. The number of pyridine rings is 1. The minimum atomic E-state index is -0.155. The molecule has 4 nitrogen and oxygen atoms in total. The molecule has 1 amide bonds. The molecule has 4 heteroatoms. The minimum Gasteiger partial charge on any atom is -0.497 e. The van der Waals surface area contributed by atoms with Crippen LogP contribution in [0.4, 0.5) is 5.69 Å². The summed E-state index contributed by atoms with van der Waals surface area (Å²) in [6, 6.07) is 19.7. The number of allylic oxidation sites excluding steroid dienone is 3. The molecule has 0 saturated carbocycles. The first kappa shape index (κ1) is 23.0. The lowest BCUT2D eigenvalue weighted by Crippen LogP contribution is -2.07. The molecule has 32 heavy (non-hydrogen) atoms. The summed E-state index contributed by atoms with van der Waals surface area (Å²) in [5.41, 5.74) is 5.23. The number of carbonyl (C=O) groups is 1. The number of anilines is 1. The summed E-state index contributed by atoms with van der Waals surface area (Å²) in [4.78, 5) is 16.5. The number of benzene rings is 2. The van der Waals surface area contributed by atoms with Gasteiger partial charge in [0.15, 0.2) is 0 Å². The number of nitrogens with zero attached hydrogens (tertiary/aromatic N) is 1. The normalized spacial score (nSPS) is 11.5. The van der Waals surface area contributed by atoms with Crippen LogP contribution in [0.5, 0.6) is 5.75 Å². The van der Waals surface area contributed by atoms with Gasteiger partial charge < -0.3 is 10.1 Å². The van der Waals surface area contributed by atoms with E-state index in [1.54, 1.807) is 19.4 Å². The molecular weight excluding hydrogens is 396 g/mol. The van der Waals surface area contributed by atoms with Gasteiger partial charge in [-0.25, -0.2) is 0 Å². The summed E-state index contributed by atoms with van der Waals surface area (Å²) in [6.07, 6.45) is 13.5. The van der Waals surface area contributed by atoms with Crippen LogP contribution in [0.25, 0.3) is 16.7 Å². The number of carbonyl (C=O) groups excluding carboxylic acids is 1. The lowest BCUT2D eigenvalue weighted by molar-refractivity contribution is -0.111. The van der Waals surface area contributed by atoms with Crippen LogP contribution in [0.2, 0.25) is 0 Å². The number of aromatic nitrogens is 1. The van der Waals surface area contributed by atoms with Crippen molar-refractivity contribution in [2.24, 2.45) is 0 Å². The van der Waals surface area contributed by atoms with Crippen LogP contribution in [0.15, 0.2) is 91.3 Å². The van der Waals surface area contributed by atoms with Crippen LogP contribution >= 0.6 is 0 Å². The predicted octanol–water partition coefficient (Wildman–Crippen LogP) is 6.92. The summed E-state index contributed by atoms with van der Waals surface area (Å²) >= 11 is 0. The zero-order chi connectivity index (χ0) is 22.6. The van der Waals surface area contributed by atoms with E-state index in [0.29, 0.717) is 0 Å². The Morgan fingerprint density at radius 1 is 1.00 bits per heavy atom. The number of hydrogen-bond acceptors (Lipinski definition) is 3. The van der Waals surface area contributed by atoms with E-state index in [1.807, 2.05) is 66.9 Å². The zero-order valence-electron chi connectivity index (χ0n) is 18.8. The maximum absolute atomic E-state index is 12.4. The van der Waals surface area contributed by atoms with Gasteiger partial charge in [0, 0.05) is 24.2 Å². The van der Waals surface area contributed by atoms with Crippen molar-refractivity contribution in [2.75, 3.05) is 12.4 Å². The van der Waals surface area contributed by atoms with Crippen LogP contribution in [0.3, 0.4) is 0 Å². The summed E-state index contributed by atoms with van der Waals surface area (Å²) in [6.45, 7) is 2.20. The van der Waals surface area contributed by atoms with E-state index in [9.17, 15) is 4.79 Å². The lowest BCUT2D eigenvalue weighted by atomic mass is 9.99. The van der Waals surface area contributed by atoms with Crippen molar-refractivity contribution in [2.45, 2.75) is 32.6 Å². The van der Waals surface area contributed by atoms with Gasteiger partial charge in [-0.1, -0.05) is 62.2 Å². The van der Waals surface area contributed by atoms with E-state index in [4.69, 9.17) is 4.74 Å². The number of methoxy groups -OCH3 is 1. The molecule has 0 spiro atoms. The molecule has 0 aliphatic heterocycles. The molecule has 0 radical (unpaired) electrons. The van der Waals surface area contributed by atoms with Gasteiger partial charge in [-0.2, -0.15) is 0 Å². The third kappa shape index (κ3) is 6.95. The highest BCUT2D eigenvalue weighted by atomic mass is 16.5. The monoisotopic (exact) mass is 426 g/mol. The van der Waals surface area contributed by atoms with Crippen molar-refractivity contribution in [1.29, 1.82) is 0 Å². The third-order valence-electron chi connectivity index (χ3n) is 5.20. The Bertz CT molecular complexity index is 1040. The molecule has 0 saturated heterocycles. The number of nitrogens with one attached hydrogen (secondary N) is 1. The van der Waals surface area contributed by atoms with Gasteiger partial charge in [0.25, 0.3) is 0 Å². The highest BCUT2D eigenvalue weighted by molar-refractivity contribution is 5.99. The van der Waals surface area contributed by atoms with E-state index < -0.39 is 0 Å². The lowest BCUT2D eigenvalue weighted by Gasteiger charge is -2.08. The van der Waals surface area contributed by atoms with Crippen molar-refractivity contribution >= 4 is 17.2 Å². The predicted molar refractivity (Wildman–Crippen MR) is 133 cm³/mol. The fraction of sp³-hybridized carbons (Fsp3) is 0.214. The molecule has 2 aromatic carbocycles. The van der Waals surface area contributed by atoms with Gasteiger partial charge >= 0.3 is 0 Å². The number of rotatable bonds is 10. The summed E-state index contributed by atoms with van der Waals surface area (Å²) in [7, 11) is 1.67. The Morgan fingerprint density at radius 2 is 1.78 bits per heavy atom. The molecule has 3 rings (SSSR count). The summed E-state index contributed by atoms with van der Waals surface area (Å²) in [5.74, 6) is 0.684. The van der Waals surface area contributed by atoms with Crippen molar-refractivity contribution in [3.8, 4) is 16.9 Å². The molecule has 0 unspecified atom stereocenters. The summed E-state index contributed by atoms with van der Waals surface area (Å²) in [5, 5.41) is 2.91. The maximum Gasteiger partial charge on any atom is 0.248 e. The highest BCUT2D eigenvalue weighted by Crippen LogP contribution is 2.24. The van der Waals surface area contributed by atoms with Gasteiger partial charge in [-0.3, -0.25) is 9.78 Å². The van der Waals surface area contributed by atoms with Crippen LogP contribution < -0.4 is 10.1 Å². The molecule has 0 bridgehead atoms.